The largest absolute Gasteiger partial charge is 0.756 e. The third-order valence-corrected chi connectivity index (χ3v) is 13.3. The zero-order chi connectivity index (χ0) is 50.6. The maximum absolute atomic E-state index is 12.7. The lowest BCUT2D eigenvalue weighted by Gasteiger charge is -2.28. The molecule has 0 aromatic heterocycles. The van der Waals surface area contributed by atoms with E-state index in [9.17, 15) is 19.0 Å². The van der Waals surface area contributed by atoms with Crippen molar-refractivity contribution >= 4 is 19.8 Å². The molecule has 2 atom stereocenters. The first-order valence-electron chi connectivity index (χ1n) is 28.5. The highest BCUT2D eigenvalue weighted by Crippen LogP contribution is 2.38. The Morgan fingerprint density at radius 1 is 0.464 bits per heavy atom. The van der Waals surface area contributed by atoms with E-state index in [0.717, 1.165) is 64.2 Å². The van der Waals surface area contributed by atoms with E-state index in [0.29, 0.717) is 17.4 Å². The summed E-state index contributed by atoms with van der Waals surface area (Å²) in [5.74, 6) is -0.830. The quantitative estimate of drug-likeness (QED) is 0.0195. The lowest BCUT2D eigenvalue weighted by Crippen LogP contribution is -2.37. The monoisotopic (exact) mass is 990 g/mol. The molecule has 0 N–H and O–H groups in total. The molecule has 0 aromatic rings. The second-order valence-electron chi connectivity index (χ2n) is 20.3. The van der Waals surface area contributed by atoms with Crippen molar-refractivity contribution in [1.82, 2.24) is 0 Å². The van der Waals surface area contributed by atoms with Gasteiger partial charge in [0.15, 0.2) is 6.10 Å². The van der Waals surface area contributed by atoms with E-state index < -0.39 is 26.5 Å². The summed E-state index contributed by atoms with van der Waals surface area (Å²) in [7, 11) is 1.17. The van der Waals surface area contributed by atoms with Gasteiger partial charge < -0.3 is 27.9 Å². The molecule has 0 bridgehead atoms. The number of allylic oxidation sites excluding steroid dienone is 10. The fraction of sp³-hybridized carbons (Fsp3) is 0.797. The van der Waals surface area contributed by atoms with Crippen molar-refractivity contribution in [2.24, 2.45) is 0 Å². The van der Waals surface area contributed by atoms with Crippen LogP contribution in [0.1, 0.15) is 251 Å². The van der Waals surface area contributed by atoms with E-state index in [1.807, 2.05) is 21.1 Å². The number of esters is 2. The number of hydrogen-bond acceptors (Lipinski definition) is 8. The molecular formula is C59H108NO8P. The van der Waals surface area contributed by atoms with Crippen molar-refractivity contribution in [2.45, 2.75) is 258 Å². The summed E-state index contributed by atoms with van der Waals surface area (Å²) in [6.45, 7) is 4.10. The molecule has 0 heterocycles. The molecule has 2 unspecified atom stereocenters. The maximum atomic E-state index is 12.7. The molecule has 69 heavy (non-hydrogen) atoms. The molecule has 0 rings (SSSR count). The molecule has 0 fully saturated rings. The number of nitrogens with zero attached hydrogens (tertiary/aromatic N) is 1. The average Bonchev–Trinajstić information content (AvgIpc) is 3.31. The molecule has 0 aliphatic carbocycles. The van der Waals surface area contributed by atoms with Gasteiger partial charge in [-0.15, -0.1) is 0 Å². The van der Waals surface area contributed by atoms with E-state index in [4.69, 9.17) is 18.5 Å². The van der Waals surface area contributed by atoms with Crippen LogP contribution in [0.15, 0.2) is 60.8 Å². The zero-order valence-corrected chi connectivity index (χ0v) is 46.4. The van der Waals surface area contributed by atoms with Crippen molar-refractivity contribution in [3.05, 3.63) is 60.8 Å². The van der Waals surface area contributed by atoms with Gasteiger partial charge in [-0.25, -0.2) is 0 Å². The molecule has 0 aromatic carbocycles. The molecule has 0 aliphatic rings. The Morgan fingerprint density at radius 3 is 1.23 bits per heavy atom. The van der Waals surface area contributed by atoms with Gasteiger partial charge in [0.1, 0.15) is 19.8 Å². The van der Waals surface area contributed by atoms with Crippen LogP contribution in [-0.4, -0.2) is 70.0 Å². The van der Waals surface area contributed by atoms with E-state index in [1.54, 1.807) is 0 Å². The SMILES string of the molecule is CC/C=C\C/C=C\C/C=C\C/C=C\C/C=C\CCCCCCCCCCCCCCCCCCCCCCCC(=O)OC(COC(=O)CCCCCCCCCC)COP(=O)([O-])OCC[N+](C)(C)C. The predicted molar refractivity (Wildman–Crippen MR) is 291 cm³/mol. The van der Waals surface area contributed by atoms with Gasteiger partial charge in [-0.3, -0.25) is 14.2 Å². The van der Waals surface area contributed by atoms with Gasteiger partial charge in [-0.2, -0.15) is 0 Å². The van der Waals surface area contributed by atoms with Crippen LogP contribution in [0.5, 0.6) is 0 Å². The first kappa shape index (κ1) is 66.7. The molecule has 9 nitrogen and oxygen atoms in total. The summed E-state index contributed by atoms with van der Waals surface area (Å²) in [6, 6.07) is 0. The number of unbranched alkanes of at least 4 members (excludes halogenated alkanes) is 28. The minimum absolute atomic E-state index is 0.0292. The lowest BCUT2D eigenvalue weighted by molar-refractivity contribution is -0.870. The Kier molecular flexibility index (Phi) is 49.0. The van der Waals surface area contributed by atoms with Crippen LogP contribution in [0.4, 0.5) is 0 Å². The van der Waals surface area contributed by atoms with Crippen LogP contribution in [0.25, 0.3) is 0 Å². The van der Waals surface area contributed by atoms with Gasteiger partial charge >= 0.3 is 11.9 Å². The number of quaternary nitrogens is 1. The number of phosphoric acid groups is 1. The first-order valence-corrected chi connectivity index (χ1v) is 30.0. The topological polar surface area (TPSA) is 111 Å². The van der Waals surface area contributed by atoms with Crippen LogP contribution >= 0.6 is 7.82 Å². The molecule has 0 saturated heterocycles. The Morgan fingerprint density at radius 2 is 0.826 bits per heavy atom. The fourth-order valence-corrected chi connectivity index (χ4v) is 8.65. The normalized spacial score (nSPS) is 13.8. The summed E-state index contributed by atoms with van der Waals surface area (Å²) >= 11 is 0. The molecular weight excluding hydrogens is 882 g/mol. The van der Waals surface area contributed by atoms with Crippen LogP contribution in [0.3, 0.4) is 0 Å². The van der Waals surface area contributed by atoms with E-state index in [2.05, 4.69) is 74.6 Å². The molecule has 0 spiro atoms. The lowest BCUT2D eigenvalue weighted by atomic mass is 10.0. The molecule has 0 radical (unpaired) electrons. The summed E-state index contributed by atoms with van der Waals surface area (Å²) in [6.07, 6.45) is 64.5. The second kappa shape index (κ2) is 50.6. The molecule has 0 amide bonds. The predicted octanol–water partition coefficient (Wildman–Crippen LogP) is 16.9. The van der Waals surface area contributed by atoms with E-state index in [-0.39, 0.29) is 32.0 Å². The minimum atomic E-state index is -4.62. The highest BCUT2D eigenvalue weighted by atomic mass is 31.2. The molecule has 10 heteroatoms. The molecule has 402 valence electrons. The summed E-state index contributed by atoms with van der Waals surface area (Å²) in [5, 5.41) is 0. The van der Waals surface area contributed by atoms with Gasteiger partial charge in [-0.1, -0.05) is 242 Å². The highest BCUT2D eigenvalue weighted by molar-refractivity contribution is 7.45. The molecule has 0 aliphatic heterocycles. The summed E-state index contributed by atoms with van der Waals surface area (Å²) in [5.41, 5.74) is 0. The minimum Gasteiger partial charge on any atom is -0.756 e. The van der Waals surface area contributed by atoms with Crippen molar-refractivity contribution in [2.75, 3.05) is 47.5 Å². The first-order chi connectivity index (χ1) is 33.5. The summed E-state index contributed by atoms with van der Waals surface area (Å²) in [4.78, 5) is 37.5. The zero-order valence-electron chi connectivity index (χ0n) is 45.5. The van der Waals surface area contributed by atoms with Crippen molar-refractivity contribution in [3.8, 4) is 0 Å². The third-order valence-electron chi connectivity index (χ3n) is 12.3. The van der Waals surface area contributed by atoms with Gasteiger partial charge in [0.25, 0.3) is 7.82 Å². The Bertz CT molecular complexity index is 1350. The Labute approximate surface area is 426 Å². The second-order valence-corrected chi connectivity index (χ2v) is 21.7. The van der Waals surface area contributed by atoms with Crippen molar-refractivity contribution < 1.29 is 42.1 Å². The Hall–Kier alpha value is -2.29. The van der Waals surface area contributed by atoms with Gasteiger partial charge in [0.2, 0.25) is 0 Å². The van der Waals surface area contributed by atoms with E-state index >= 15 is 0 Å². The number of phosphoric ester groups is 1. The maximum Gasteiger partial charge on any atom is 0.306 e. The smallest absolute Gasteiger partial charge is 0.306 e. The number of rotatable bonds is 52. The third kappa shape index (κ3) is 54.9. The summed E-state index contributed by atoms with van der Waals surface area (Å²) < 4.78 is 33.9. The van der Waals surface area contributed by atoms with Crippen molar-refractivity contribution in [1.29, 1.82) is 0 Å². The highest BCUT2D eigenvalue weighted by Gasteiger charge is 2.21. The van der Waals surface area contributed by atoms with Crippen LogP contribution < -0.4 is 4.89 Å². The number of hydrogen-bond donors (Lipinski definition) is 0. The number of carbonyl (C=O) groups is 2. The Balaban J connectivity index is 3.86. The van der Waals surface area contributed by atoms with Crippen molar-refractivity contribution in [3.63, 3.8) is 0 Å². The number of likely N-dealkylation sites (N-methyl/N-ethyl adjacent to an activating group) is 1. The standard InChI is InChI=1S/C59H108NO8P/c1-6-8-10-12-14-16-17-18-19-20-21-22-23-24-25-26-27-28-29-30-31-32-33-34-35-36-37-38-39-40-41-42-43-44-46-48-50-52-59(62)68-57(56-67-69(63,64)66-54-53-60(3,4)5)55-65-58(61)51-49-47-45-15-13-11-9-7-2/h8,10,14,16,18-19,21-22,24-25,57H,6-7,9,11-13,15,17,20,23,26-56H2,1-5H3/b10-8-,16-14-,19-18-,22-21-,25-24-. The van der Waals surface area contributed by atoms with E-state index in [1.165, 1.54) is 154 Å². The average molecular weight is 990 g/mol. The van der Waals surface area contributed by atoms with Crippen LogP contribution in [0, 0.1) is 0 Å². The van der Waals surface area contributed by atoms with Gasteiger partial charge in [0, 0.05) is 12.8 Å². The number of carbonyl (C=O) groups excluding carboxylic acids is 2. The van der Waals surface area contributed by atoms with Crippen LogP contribution in [-0.2, 0) is 32.7 Å². The number of ether oxygens (including phenoxy) is 2. The van der Waals surface area contributed by atoms with Crippen LogP contribution in [0.2, 0.25) is 0 Å². The van der Waals surface area contributed by atoms with Gasteiger partial charge in [0.05, 0.1) is 27.7 Å². The van der Waals surface area contributed by atoms with Gasteiger partial charge in [-0.05, 0) is 57.8 Å². The molecule has 0 saturated carbocycles. The fourth-order valence-electron chi connectivity index (χ4n) is 7.92.